The van der Waals surface area contributed by atoms with Crippen molar-refractivity contribution in [3.05, 3.63) is 47.5 Å². The summed E-state index contributed by atoms with van der Waals surface area (Å²) in [5, 5.41) is 3.38. The van der Waals surface area contributed by atoms with Crippen molar-refractivity contribution in [3.63, 3.8) is 0 Å². The molecule has 0 fully saturated rings. The minimum atomic E-state index is 0.546. The van der Waals surface area contributed by atoms with Gasteiger partial charge in [-0.3, -0.25) is 0 Å². The second kappa shape index (κ2) is 6.97. The van der Waals surface area contributed by atoms with Crippen LogP contribution >= 0.6 is 0 Å². The van der Waals surface area contributed by atoms with Gasteiger partial charge in [0, 0.05) is 23.9 Å². The van der Waals surface area contributed by atoms with E-state index >= 15 is 0 Å². The lowest BCUT2D eigenvalue weighted by Gasteiger charge is -2.12. The Balaban J connectivity index is 2.05. The van der Waals surface area contributed by atoms with Crippen LogP contribution in [0.5, 0.6) is 11.8 Å². The van der Waals surface area contributed by atoms with Gasteiger partial charge in [0.2, 0.25) is 11.8 Å². The molecule has 1 aromatic heterocycles. The topological polar surface area (TPSA) is 43.4 Å². The number of nitrogens with zero attached hydrogens (tertiary/aromatic N) is 1. The van der Waals surface area contributed by atoms with Crippen LogP contribution in [0, 0.1) is 0 Å². The Hall–Kier alpha value is -2.23. The highest BCUT2D eigenvalue weighted by atomic mass is 16.5. The summed E-state index contributed by atoms with van der Waals surface area (Å²) in [4.78, 5) is 4.27. The van der Waals surface area contributed by atoms with Crippen LogP contribution in [0.2, 0.25) is 0 Å². The number of hydrogen-bond donors (Lipinski definition) is 1. The molecule has 0 unspecified atom stereocenters. The molecule has 2 aromatic rings. The second-order valence-electron chi connectivity index (χ2n) is 5.15. The highest BCUT2D eigenvalue weighted by molar-refractivity contribution is 5.46. The van der Waals surface area contributed by atoms with Gasteiger partial charge in [-0.25, -0.2) is 0 Å². The van der Waals surface area contributed by atoms with Crippen LogP contribution in [0.25, 0.3) is 0 Å². The van der Waals surface area contributed by atoms with Crippen molar-refractivity contribution in [3.8, 4) is 11.8 Å². The summed E-state index contributed by atoms with van der Waals surface area (Å²) in [6.07, 6.45) is 0. The standard InChI is InChI=1S/C17H22N2O2/c1-12(2)13-5-8-15(9-6-13)18-11-14-7-10-16(20-3)19-17(14)21-4/h5-10,12,18H,11H2,1-4H3. The van der Waals surface area contributed by atoms with E-state index in [2.05, 4.69) is 48.4 Å². The molecule has 1 heterocycles. The van der Waals surface area contributed by atoms with E-state index in [1.165, 1.54) is 5.56 Å². The Morgan fingerprint density at radius 1 is 1.00 bits per heavy atom. The molecule has 1 aromatic carbocycles. The van der Waals surface area contributed by atoms with Crippen molar-refractivity contribution < 1.29 is 9.47 Å². The highest BCUT2D eigenvalue weighted by Gasteiger charge is 2.06. The van der Waals surface area contributed by atoms with Crippen LogP contribution in [0.1, 0.15) is 30.9 Å². The zero-order valence-electron chi connectivity index (χ0n) is 13.0. The summed E-state index contributed by atoms with van der Waals surface area (Å²) in [5.74, 6) is 1.68. The van der Waals surface area contributed by atoms with Gasteiger partial charge in [-0.05, 0) is 29.7 Å². The molecule has 0 amide bonds. The summed E-state index contributed by atoms with van der Waals surface area (Å²) >= 11 is 0. The fourth-order valence-corrected chi connectivity index (χ4v) is 2.06. The molecule has 4 nitrogen and oxygen atoms in total. The van der Waals surface area contributed by atoms with E-state index in [1.54, 1.807) is 14.2 Å². The molecular weight excluding hydrogens is 264 g/mol. The maximum absolute atomic E-state index is 5.30. The number of aromatic nitrogens is 1. The van der Waals surface area contributed by atoms with E-state index in [4.69, 9.17) is 9.47 Å². The van der Waals surface area contributed by atoms with E-state index < -0.39 is 0 Å². The van der Waals surface area contributed by atoms with E-state index in [0.717, 1.165) is 11.3 Å². The molecule has 2 rings (SSSR count). The number of ether oxygens (including phenoxy) is 2. The molecule has 0 spiro atoms. The van der Waals surface area contributed by atoms with Crippen molar-refractivity contribution in [1.29, 1.82) is 0 Å². The first-order valence-electron chi connectivity index (χ1n) is 7.05. The number of pyridine rings is 1. The average Bonchev–Trinajstić information content (AvgIpc) is 2.53. The molecule has 0 saturated heterocycles. The maximum atomic E-state index is 5.30. The van der Waals surface area contributed by atoms with Gasteiger partial charge in [-0.1, -0.05) is 26.0 Å². The van der Waals surface area contributed by atoms with Crippen LogP contribution < -0.4 is 14.8 Å². The van der Waals surface area contributed by atoms with Crippen LogP contribution in [-0.2, 0) is 6.54 Å². The van der Waals surface area contributed by atoms with Gasteiger partial charge in [0.15, 0.2) is 0 Å². The average molecular weight is 286 g/mol. The number of nitrogens with one attached hydrogen (secondary N) is 1. The zero-order chi connectivity index (χ0) is 15.2. The molecule has 0 atom stereocenters. The number of methoxy groups -OCH3 is 2. The van der Waals surface area contributed by atoms with Crippen molar-refractivity contribution in [2.24, 2.45) is 0 Å². The fraction of sp³-hybridized carbons (Fsp3) is 0.353. The molecule has 0 saturated carbocycles. The summed E-state index contributed by atoms with van der Waals surface area (Å²) in [5.41, 5.74) is 3.41. The Bertz CT molecular complexity index is 580. The van der Waals surface area contributed by atoms with E-state index in [9.17, 15) is 0 Å². The second-order valence-corrected chi connectivity index (χ2v) is 5.15. The first kappa shape index (κ1) is 15.2. The lowest BCUT2D eigenvalue weighted by molar-refractivity contribution is 0.361. The lowest BCUT2D eigenvalue weighted by Crippen LogP contribution is -2.04. The van der Waals surface area contributed by atoms with E-state index in [0.29, 0.717) is 24.2 Å². The predicted molar refractivity (Wildman–Crippen MR) is 85.2 cm³/mol. The van der Waals surface area contributed by atoms with Gasteiger partial charge < -0.3 is 14.8 Å². The van der Waals surface area contributed by atoms with Gasteiger partial charge in [-0.2, -0.15) is 4.98 Å². The Labute approximate surface area is 126 Å². The van der Waals surface area contributed by atoms with Gasteiger partial charge in [0.1, 0.15) is 0 Å². The lowest BCUT2D eigenvalue weighted by atomic mass is 10.0. The summed E-state index contributed by atoms with van der Waals surface area (Å²) in [6, 6.07) is 12.3. The third-order valence-corrected chi connectivity index (χ3v) is 3.38. The molecule has 0 aliphatic rings. The van der Waals surface area contributed by atoms with E-state index in [-0.39, 0.29) is 0 Å². The summed E-state index contributed by atoms with van der Waals surface area (Å²) < 4.78 is 10.4. The van der Waals surface area contributed by atoms with Gasteiger partial charge >= 0.3 is 0 Å². The third kappa shape index (κ3) is 3.88. The smallest absolute Gasteiger partial charge is 0.221 e. The SMILES string of the molecule is COc1ccc(CNc2ccc(C(C)C)cc2)c(OC)n1. The van der Waals surface area contributed by atoms with E-state index in [1.807, 2.05) is 12.1 Å². The Kier molecular flexibility index (Phi) is 5.04. The molecular formula is C17H22N2O2. The van der Waals surface area contributed by atoms with Crippen molar-refractivity contribution in [1.82, 2.24) is 4.98 Å². The Morgan fingerprint density at radius 2 is 1.71 bits per heavy atom. The van der Waals surface area contributed by atoms with Crippen LogP contribution in [0.4, 0.5) is 5.69 Å². The number of rotatable bonds is 6. The number of hydrogen-bond acceptors (Lipinski definition) is 4. The summed E-state index contributed by atoms with van der Waals surface area (Å²) in [7, 11) is 3.21. The maximum Gasteiger partial charge on any atom is 0.221 e. The Morgan fingerprint density at radius 3 is 2.29 bits per heavy atom. The molecule has 0 bridgehead atoms. The van der Waals surface area contributed by atoms with Crippen LogP contribution in [-0.4, -0.2) is 19.2 Å². The zero-order valence-corrected chi connectivity index (χ0v) is 13.0. The van der Waals surface area contributed by atoms with Crippen molar-refractivity contribution >= 4 is 5.69 Å². The first-order valence-corrected chi connectivity index (χ1v) is 7.05. The monoisotopic (exact) mass is 286 g/mol. The first-order chi connectivity index (χ1) is 10.1. The number of benzene rings is 1. The third-order valence-electron chi connectivity index (χ3n) is 3.38. The van der Waals surface area contributed by atoms with Gasteiger partial charge in [0.25, 0.3) is 0 Å². The van der Waals surface area contributed by atoms with Gasteiger partial charge in [0.05, 0.1) is 14.2 Å². The molecule has 0 aliphatic heterocycles. The van der Waals surface area contributed by atoms with Crippen LogP contribution in [0.3, 0.4) is 0 Å². The molecule has 1 N–H and O–H groups in total. The van der Waals surface area contributed by atoms with Gasteiger partial charge in [-0.15, -0.1) is 0 Å². The fourth-order valence-electron chi connectivity index (χ4n) is 2.06. The van der Waals surface area contributed by atoms with Crippen LogP contribution in [0.15, 0.2) is 36.4 Å². The quantitative estimate of drug-likeness (QED) is 0.876. The molecule has 4 heteroatoms. The molecule has 0 radical (unpaired) electrons. The predicted octanol–water partition coefficient (Wildman–Crippen LogP) is 3.83. The minimum absolute atomic E-state index is 0.546. The minimum Gasteiger partial charge on any atom is -0.481 e. The summed E-state index contributed by atoms with van der Waals surface area (Å²) in [6.45, 7) is 5.04. The largest absolute Gasteiger partial charge is 0.481 e. The van der Waals surface area contributed by atoms with Crippen molar-refractivity contribution in [2.75, 3.05) is 19.5 Å². The van der Waals surface area contributed by atoms with Crippen molar-refractivity contribution in [2.45, 2.75) is 26.3 Å². The molecule has 112 valence electrons. The number of anilines is 1. The highest BCUT2D eigenvalue weighted by Crippen LogP contribution is 2.22. The molecule has 0 aliphatic carbocycles. The molecule has 21 heavy (non-hydrogen) atoms. The normalized spacial score (nSPS) is 10.5.